The monoisotopic (exact) mass is 450 g/mol. The average Bonchev–Trinajstić information content (AvgIpc) is 3.60. The fraction of sp³-hybridized carbons (Fsp3) is 0.381. The lowest BCUT2D eigenvalue weighted by atomic mass is 9.95. The van der Waals surface area contributed by atoms with Gasteiger partial charge in [0.05, 0.1) is 10.9 Å². The van der Waals surface area contributed by atoms with Crippen LogP contribution in [0.4, 0.5) is 4.39 Å². The summed E-state index contributed by atoms with van der Waals surface area (Å²) in [5.74, 6) is -1.04. The predicted octanol–water partition coefficient (Wildman–Crippen LogP) is 3.25. The van der Waals surface area contributed by atoms with Gasteiger partial charge in [-0.1, -0.05) is 11.8 Å². The van der Waals surface area contributed by atoms with Gasteiger partial charge >= 0.3 is 0 Å². The molecule has 9 heteroatoms. The highest BCUT2D eigenvalue weighted by Crippen LogP contribution is 2.39. The van der Waals surface area contributed by atoms with Crippen LogP contribution >= 0.6 is 11.8 Å². The number of rotatable bonds is 6. The van der Waals surface area contributed by atoms with Gasteiger partial charge in [-0.3, -0.25) is 10.0 Å². The molecule has 0 bridgehead atoms. The Morgan fingerprint density at radius 1 is 1.03 bits per heavy atom. The lowest BCUT2D eigenvalue weighted by molar-refractivity contribution is -0.171. The third kappa shape index (κ3) is 3.99. The zero-order valence-corrected chi connectivity index (χ0v) is 17.9. The number of sulfone groups is 1. The van der Waals surface area contributed by atoms with E-state index in [9.17, 15) is 22.8 Å². The summed E-state index contributed by atoms with van der Waals surface area (Å²) in [5, 5.41) is 14.0. The van der Waals surface area contributed by atoms with Crippen LogP contribution < -0.4 is 5.32 Å². The van der Waals surface area contributed by atoms with Crippen LogP contribution in [0.1, 0.15) is 25.7 Å². The summed E-state index contributed by atoms with van der Waals surface area (Å²) < 4.78 is 38.5. The van der Waals surface area contributed by atoms with Crippen LogP contribution in [0.2, 0.25) is 0 Å². The smallest absolute Gasteiger partial charge is 0.268 e. The number of piperidine rings is 1. The maximum atomic E-state index is 13.6. The normalized spacial score (nSPS) is 18.7. The van der Waals surface area contributed by atoms with Crippen LogP contribution in [0.15, 0.2) is 63.2 Å². The van der Waals surface area contributed by atoms with Crippen molar-refractivity contribution in [2.24, 2.45) is 0 Å². The standard InChI is InChI=1S/C21H23FN2O4S2/c22-15-1-5-17(6-2-15)29-18-7-9-19(10-8-18)30(27,28)21(11-13-23-14-12-21)20(25)24(26)16-3-4-16/h1-2,5-10,16,23,26H,3-4,11-14H2. The molecule has 2 aliphatic rings. The second-order valence-electron chi connectivity index (χ2n) is 7.66. The molecule has 0 radical (unpaired) electrons. The van der Waals surface area contributed by atoms with Gasteiger partial charge in [0.25, 0.3) is 5.91 Å². The highest BCUT2D eigenvalue weighted by atomic mass is 32.2. The van der Waals surface area contributed by atoms with Crippen LogP contribution in [0, 0.1) is 5.82 Å². The number of halogens is 1. The number of benzene rings is 2. The Morgan fingerprint density at radius 2 is 1.57 bits per heavy atom. The van der Waals surface area contributed by atoms with Crippen molar-refractivity contribution >= 4 is 27.5 Å². The van der Waals surface area contributed by atoms with E-state index in [4.69, 9.17) is 0 Å². The first-order valence-electron chi connectivity index (χ1n) is 9.85. The number of nitrogens with one attached hydrogen (secondary N) is 1. The summed E-state index contributed by atoms with van der Waals surface area (Å²) in [7, 11) is -4.02. The molecule has 1 heterocycles. The minimum atomic E-state index is -4.02. The van der Waals surface area contributed by atoms with E-state index in [0.29, 0.717) is 31.0 Å². The van der Waals surface area contributed by atoms with Crippen LogP contribution in [0.25, 0.3) is 0 Å². The molecule has 2 aromatic carbocycles. The molecular weight excluding hydrogens is 427 g/mol. The third-order valence-electron chi connectivity index (χ3n) is 5.60. The van der Waals surface area contributed by atoms with Crippen molar-refractivity contribution in [3.05, 3.63) is 54.3 Å². The van der Waals surface area contributed by atoms with Crippen LogP contribution in [0.3, 0.4) is 0 Å². The molecule has 160 valence electrons. The van der Waals surface area contributed by atoms with Crippen molar-refractivity contribution in [3.8, 4) is 0 Å². The van der Waals surface area contributed by atoms with E-state index in [-0.39, 0.29) is 29.6 Å². The molecule has 0 unspecified atom stereocenters. The van der Waals surface area contributed by atoms with Gasteiger partial charge in [0, 0.05) is 9.79 Å². The number of hydroxylamine groups is 2. The fourth-order valence-corrected chi connectivity index (χ4v) is 6.50. The first-order chi connectivity index (χ1) is 14.3. The molecule has 4 rings (SSSR count). The largest absolute Gasteiger partial charge is 0.317 e. The van der Waals surface area contributed by atoms with E-state index < -0.39 is 20.5 Å². The van der Waals surface area contributed by atoms with Crippen molar-refractivity contribution in [3.63, 3.8) is 0 Å². The van der Waals surface area contributed by atoms with Gasteiger partial charge < -0.3 is 5.32 Å². The van der Waals surface area contributed by atoms with E-state index in [1.165, 1.54) is 36.0 Å². The Hall–Kier alpha value is -1.94. The van der Waals surface area contributed by atoms with Gasteiger partial charge in [-0.05, 0) is 87.3 Å². The van der Waals surface area contributed by atoms with Crippen LogP contribution in [0.5, 0.6) is 0 Å². The first kappa shape index (κ1) is 21.3. The van der Waals surface area contributed by atoms with E-state index >= 15 is 0 Å². The summed E-state index contributed by atoms with van der Waals surface area (Å²) in [6, 6.07) is 12.1. The Labute approximate surface area is 179 Å². The molecule has 2 aromatic rings. The molecule has 2 fully saturated rings. The molecule has 1 saturated carbocycles. The fourth-order valence-electron chi connectivity index (χ4n) is 3.67. The van der Waals surface area contributed by atoms with Gasteiger partial charge in [-0.25, -0.2) is 17.9 Å². The van der Waals surface area contributed by atoms with Crippen molar-refractivity contribution in [2.45, 2.75) is 51.2 Å². The topological polar surface area (TPSA) is 86.7 Å². The first-order valence-corrected chi connectivity index (χ1v) is 12.1. The molecular formula is C21H23FN2O4S2. The lowest BCUT2D eigenvalue weighted by Crippen LogP contribution is -2.58. The van der Waals surface area contributed by atoms with Gasteiger partial charge in [0.1, 0.15) is 5.82 Å². The van der Waals surface area contributed by atoms with E-state index in [0.717, 1.165) is 9.79 Å². The number of amides is 1. The summed E-state index contributed by atoms with van der Waals surface area (Å²) in [6.45, 7) is 0.782. The summed E-state index contributed by atoms with van der Waals surface area (Å²) in [4.78, 5) is 14.8. The quantitative estimate of drug-likeness (QED) is 0.519. The second-order valence-corrected chi connectivity index (χ2v) is 11.1. The van der Waals surface area contributed by atoms with Gasteiger partial charge in [0.15, 0.2) is 14.6 Å². The number of carbonyl (C=O) groups is 1. The van der Waals surface area contributed by atoms with E-state index in [2.05, 4.69) is 5.32 Å². The lowest BCUT2D eigenvalue weighted by Gasteiger charge is -2.37. The van der Waals surface area contributed by atoms with Crippen molar-refractivity contribution < 1.29 is 22.8 Å². The second kappa shape index (κ2) is 8.30. The van der Waals surface area contributed by atoms with E-state index in [1.54, 1.807) is 24.3 Å². The molecule has 0 aromatic heterocycles. The van der Waals surface area contributed by atoms with Crippen LogP contribution in [-0.4, -0.2) is 48.5 Å². The van der Waals surface area contributed by atoms with Crippen molar-refractivity contribution in [1.29, 1.82) is 0 Å². The third-order valence-corrected chi connectivity index (χ3v) is 9.12. The van der Waals surface area contributed by atoms with Gasteiger partial charge in [-0.2, -0.15) is 0 Å². The molecule has 1 saturated heterocycles. The molecule has 1 aliphatic heterocycles. The Morgan fingerprint density at radius 3 is 2.10 bits per heavy atom. The molecule has 1 amide bonds. The summed E-state index contributed by atoms with van der Waals surface area (Å²) in [5.41, 5.74) is 0. The molecule has 0 atom stereocenters. The molecule has 6 nitrogen and oxygen atoms in total. The molecule has 30 heavy (non-hydrogen) atoms. The number of carbonyl (C=O) groups excluding carboxylic acids is 1. The number of hydrogen-bond acceptors (Lipinski definition) is 6. The maximum Gasteiger partial charge on any atom is 0.268 e. The van der Waals surface area contributed by atoms with Gasteiger partial charge in [0.2, 0.25) is 0 Å². The zero-order chi connectivity index (χ0) is 21.4. The highest BCUT2D eigenvalue weighted by Gasteiger charge is 2.55. The minimum absolute atomic E-state index is 0.0606. The summed E-state index contributed by atoms with van der Waals surface area (Å²) >= 11 is 1.39. The molecule has 1 aliphatic carbocycles. The minimum Gasteiger partial charge on any atom is -0.317 e. The maximum absolute atomic E-state index is 13.6. The Balaban J connectivity index is 1.61. The average molecular weight is 451 g/mol. The predicted molar refractivity (Wildman–Crippen MR) is 111 cm³/mol. The number of hydrogen-bond donors (Lipinski definition) is 2. The van der Waals surface area contributed by atoms with Gasteiger partial charge in [-0.15, -0.1) is 0 Å². The Bertz CT molecular complexity index is 1020. The zero-order valence-electron chi connectivity index (χ0n) is 16.3. The molecule has 0 spiro atoms. The molecule has 2 N–H and O–H groups in total. The van der Waals surface area contributed by atoms with Crippen LogP contribution in [-0.2, 0) is 14.6 Å². The summed E-state index contributed by atoms with van der Waals surface area (Å²) in [6.07, 6.45) is 1.60. The van der Waals surface area contributed by atoms with E-state index in [1.807, 2.05) is 0 Å². The Kier molecular flexibility index (Phi) is 5.89. The van der Waals surface area contributed by atoms with Crippen molar-refractivity contribution in [1.82, 2.24) is 10.4 Å². The SMILES string of the molecule is O=C(N(O)C1CC1)C1(S(=O)(=O)c2ccc(Sc3ccc(F)cc3)cc2)CCNCC1. The highest BCUT2D eigenvalue weighted by molar-refractivity contribution is 7.99. The van der Waals surface area contributed by atoms with Crippen molar-refractivity contribution in [2.75, 3.05) is 13.1 Å². The number of nitrogens with zero attached hydrogens (tertiary/aromatic N) is 1.